The number of rotatable bonds is 3. The lowest BCUT2D eigenvalue weighted by molar-refractivity contribution is -0.0719. The van der Waals surface area contributed by atoms with Crippen molar-refractivity contribution in [1.29, 1.82) is 0 Å². The molecule has 3 heteroatoms. The topological polar surface area (TPSA) is 41.5 Å². The largest absolute Gasteiger partial charge is 0.394 e. The molecule has 0 spiro atoms. The fourth-order valence-electron chi connectivity index (χ4n) is 0.315. The Balaban J connectivity index is 3.36. The Morgan fingerprint density at radius 3 is 2.30 bits per heavy atom. The van der Waals surface area contributed by atoms with Crippen molar-refractivity contribution in [1.82, 2.24) is 5.48 Å². The van der Waals surface area contributed by atoms with Crippen LogP contribution in [0.5, 0.6) is 0 Å². The summed E-state index contributed by atoms with van der Waals surface area (Å²) < 4.78 is 0. The minimum atomic E-state index is -0.140. The lowest BCUT2D eigenvalue weighted by Crippen LogP contribution is -2.39. The van der Waals surface area contributed by atoms with Gasteiger partial charge in [-0.2, -0.15) is 5.48 Å². The van der Waals surface area contributed by atoms with E-state index < -0.39 is 0 Å². The van der Waals surface area contributed by atoms with Gasteiger partial charge in [-0.3, -0.25) is 4.84 Å². The third-order valence-electron chi connectivity index (χ3n) is 0.823. The van der Waals surface area contributed by atoms with Gasteiger partial charge in [0.1, 0.15) is 0 Å². The van der Waals surface area contributed by atoms with Crippen LogP contribution in [0.1, 0.15) is 27.7 Å². The van der Waals surface area contributed by atoms with Crippen LogP contribution in [0.2, 0.25) is 0 Å². The standard InChI is InChI=1S/C7H17NO2/c1-6(5-9)10-8-7(2,3)4/h6,8-9H,5H2,1-4H3. The molecule has 0 bridgehead atoms. The van der Waals surface area contributed by atoms with E-state index in [4.69, 9.17) is 9.94 Å². The molecule has 3 nitrogen and oxygen atoms in total. The van der Waals surface area contributed by atoms with Gasteiger partial charge in [0.05, 0.1) is 12.7 Å². The third kappa shape index (κ3) is 6.01. The minimum Gasteiger partial charge on any atom is -0.394 e. The Labute approximate surface area is 62.3 Å². The van der Waals surface area contributed by atoms with E-state index in [2.05, 4.69) is 5.48 Å². The van der Waals surface area contributed by atoms with Gasteiger partial charge in [-0.05, 0) is 27.7 Å². The smallest absolute Gasteiger partial charge is 0.0992 e. The molecule has 1 unspecified atom stereocenters. The van der Waals surface area contributed by atoms with Crippen LogP contribution in [-0.2, 0) is 4.84 Å². The molecule has 0 aromatic carbocycles. The van der Waals surface area contributed by atoms with E-state index >= 15 is 0 Å². The molecule has 62 valence electrons. The van der Waals surface area contributed by atoms with Crippen molar-refractivity contribution in [3.63, 3.8) is 0 Å². The molecule has 0 aliphatic rings. The minimum absolute atomic E-state index is 0.0447. The fourth-order valence-corrected chi connectivity index (χ4v) is 0.315. The zero-order valence-electron chi connectivity index (χ0n) is 7.14. The molecule has 0 saturated heterocycles. The van der Waals surface area contributed by atoms with Crippen molar-refractivity contribution in [2.24, 2.45) is 0 Å². The first-order valence-corrected chi connectivity index (χ1v) is 3.49. The number of aliphatic hydroxyl groups is 1. The van der Waals surface area contributed by atoms with Crippen molar-refractivity contribution in [3.8, 4) is 0 Å². The van der Waals surface area contributed by atoms with Crippen molar-refractivity contribution < 1.29 is 9.94 Å². The predicted molar refractivity (Wildman–Crippen MR) is 40.5 cm³/mol. The van der Waals surface area contributed by atoms with Crippen LogP contribution in [0.15, 0.2) is 0 Å². The number of nitrogens with one attached hydrogen (secondary N) is 1. The molecule has 2 N–H and O–H groups in total. The van der Waals surface area contributed by atoms with Gasteiger partial charge in [0.15, 0.2) is 0 Å². The molecule has 0 aromatic rings. The lowest BCUT2D eigenvalue weighted by atomic mass is 10.1. The molecule has 0 aromatic heterocycles. The van der Waals surface area contributed by atoms with Gasteiger partial charge >= 0.3 is 0 Å². The lowest BCUT2D eigenvalue weighted by Gasteiger charge is -2.22. The summed E-state index contributed by atoms with van der Waals surface area (Å²) >= 11 is 0. The number of hydroxylamine groups is 1. The van der Waals surface area contributed by atoms with Crippen molar-refractivity contribution in [2.45, 2.75) is 39.3 Å². The second kappa shape index (κ2) is 3.91. The second-order valence-electron chi connectivity index (χ2n) is 3.46. The Bertz CT molecular complexity index is 88.1. The summed E-state index contributed by atoms with van der Waals surface area (Å²) in [7, 11) is 0. The molecule has 0 fully saturated rings. The number of hydrogen-bond donors (Lipinski definition) is 2. The molecule has 0 aliphatic heterocycles. The maximum Gasteiger partial charge on any atom is 0.0992 e. The van der Waals surface area contributed by atoms with E-state index in [0.29, 0.717) is 0 Å². The summed E-state index contributed by atoms with van der Waals surface area (Å²) in [6, 6.07) is 0. The maximum absolute atomic E-state index is 8.57. The van der Waals surface area contributed by atoms with Crippen LogP contribution in [-0.4, -0.2) is 23.4 Å². The van der Waals surface area contributed by atoms with E-state index in [9.17, 15) is 0 Å². The van der Waals surface area contributed by atoms with E-state index in [-0.39, 0.29) is 18.2 Å². The quantitative estimate of drug-likeness (QED) is 0.577. The molecule has 10 heavy (non-hydrogen) atoms. The van der Waals surface area contributed by atoms with Crippen molar-refractivity contribution >= 4 is 0 Å². The number of hydrogen-bond acceptors (Lipinski definition) is 3. The Kier molecular flexibility index (Phi) is 3.86. The molecule has 0 amide bonds. The zero-order chi connectivity index (χ0) is 8.20. The van der Waals surface area contributed by atoms with Crippen LogP contribution < -0.4 is 5.48 Å². The molecule has 0 radical (unpaired) electrons. The highest BCUT2D eigenvalue weighted by molar-refractivity contribution is 4.64. The average molecular weight is 147 g/mol. The van der Waals surface area contributed by atoms with Crippen LogP contribution in [0.25, 0.3) is 0 Å². The van der Waals surface area contributed by atoms with E-state index in [1.165, 1.54) is 0 Å². The predicted octanol–water partition coefficient (Wildman–Crippen LogP) is 0.687. The van der Waals surface area contributed by atoms with E-state index in [0.717, 1.165) is 0 Å². The maximum atomic E-state index is 8.57. The van der Waals surface area contributed by atoms with Gasteiger partial charge in [0, 0.05) is 5.54 Å². The first kappa shape index (κ1) is 9.88. The van der Waals surface area contributed by atoms with Gasteiger partial charge < -0.3 is 5.11 Å². The molecule has 0 rings (SSSR count). The summed E-state index contributed by atoms with van der Waals surface area (Å²) in [5.41, 5.74) is 2.76. The monoisotopic (exact) mass is 147 g/mol. The molecule has 0 aliphatic carbocycles. The van der Waals surface area contributed by atoms with Crippen molar-refractivity contribution in [2.75, 3.05) is 6.61 Å². The second-order valence-corrected chi connectivity index (χ2v) is 3.46. The Morgan fingerprint density at radius 2 is 2.00 bits per heavy atom. The van der Waals surface area contributed by atoms with Gasteiger partial charge in [-0.25, -0.2) is 0 Å². The van der Waals surface area contributed by atoms with Gasteiger partial charge in [-0.15, -0.1) is 0 Å². The van der Waals surface area contributed by atoms with Crippen LogP contribution >= 0.6 is 0 Å². The summed E-state index contributed by atoms with van der Waals surface area (Å²) in [5.74, 6) is 0. The average Bonchev–Trinajstić information content (AvgIpc) is 1.81. The van der Waals surface area contributed by atoms with Crippen LogP contribution in [0, 0.1) is 0 Å². The molecule has 1 atom stereocenters. The van der Waals surface area contributed by atoms with Crippen LogP contribution in [0.4, 0.5) is 0 Å². The third-order valence-corrected chi connectivity index (χ3v) is 0.823. The van der Waals surface area contributed by atoms with E-state index in [1.807, 2.05) is 20.8 Å². The van der Waals surface area contributed by atoms with Crippen LogP contribution in [0.3, 0.4) is 0 Å². The normalized spacial score (nSPS) is 15.3. The Morgan fingerprint density at radius 1 is 1.50 bits per heavy atom. The zero-order valence-corrected chi connectivity index (χ0v) is 7.14. The molecular weight excluding hydrogens is 130 g/mol. The summed E-state index contributed by atoms with van der Waals surface area (Å²) in [4.78, 5) is 5.06. The summed E-state index contributed by atoms with van der Waals surface area (Å²) in [5, 5.41) is 8.57. The van der Waals surface area contributed by atoms with Gasteiger partial charge in [-0.1, -0.05) is 0 Å². The molecule has 0 saturated carbocycles. The van der Waals surface area contributed by atoms with Gasteiger partial charge in [0.2, 0.25) is 0 Å². The van der Waals surface area contributed by atoms with E-state index in [1.54, 1.807) is 6.92 Å². The highest BCUT2D eigenvalue weighted by atomic mass is 16.7. The highest BCUT2D eigenvalue weighted by Gasteiger charge is 2.10. The number of aliphatic hydroxyl groups excluding tert-OH is 1. The fraction of sp³-hybridized carbons (Fsp3) is 1.00. The molecular formula is C7H17NO2. The Hall–Kier alpha value is -0.120. The van der Waals surface area contributed by atoms with Gasteiger partial charge in [0.25, 0.3) is 0 Å². The SMILES string of the molecule is CC(CO)ONC(C)(C)C. The highest BCUT2D eigenvalue weighted by Crippen LogP contribution is 1.99. The molecule has 0 heterocycles. The van der Waals surface area contributed by atoms with Crippen molar-refractivity contribution in [3.05, 3.63) is 0 Å². The summed E-state index contributed by atoms with van der Waals surface area (Å²) in [6.45, 7) is 7.84. The summed E-state index contributed by atoms with van der Waals surface area (Å²) in [6.07, 6.45) is -0.140. The first-order chi connectivity index (χ1) is 4.45. The first-order valence-electron chi connectivity index (χ1n) is 3.49.